The van der Waals surface area contributed by atoms with Crippen LogP contribution in [0.15, 0.2) is 12.1 Å². The fourth-order valence-electron chi connectivity index (χ4n) is 1.38. The van der Waals surface area contributed by atoms with Crippen molar-refractivity contribution >= 4 is 11.4 Å². The van der Waals surface area contributed by atoms with Crippen LogP contribution in [0.4, 0.5) is 11.4 Å². The molecule has 0 aliphatic rings. The number of nitrogens with two attached hydrogens (primary N) is 1. The normalized spacial score (nSPS) is 9.53. The van der Waals surface area contributed by atoms with Crippen molar-refractivity contribution in [3.63, 3.8) is 0 Å². The summed E-state index contributed by atoms with van der Waals surface area (Å²) in [7, 11) is 1.84. The lowest BCUT2D eigenvalue weighted by atomic mass is 10.1. The number of nitrogens with zero attached hydrogens (tertiary/aromatic N) is 1. The molecule has 0 aromatic heterocycles. The second-order valence-electron chi connectivity index (χ2n) is 3.66. The highest BCUT2D eigenvalue weighted by atomic mass is 16.6. The van der Waals surface area contributed by atoms with E-state index in [1.807, 2.05) is 7.05 Å². The van der Waals surface area contributed by atoms with E-state index in [1.165, 1.54) is 6.07 Å². The Hall–Kier alpha value is -2.06. The number of anilines is 1. The SMILES string of the molecule is CNCCC#Cc1cc(C)cc([N+](=O)[O-])c1N. The van der Waals surface area contributed by atoms with Crippen molar-refractivity contribution < 1.29 is 4.92 Å². The standard InChI is InChI=1S/C12H15N3O2/c1-9-7-10(5-3-4-6-14-2)12(13)11(8-9)15(16)17/h7-8,14H,4,6,13H2,1-2H3. The second-order valence-corrected chi connectivity index (χ2v) is 3.66. The number of benzene rings is 1. The molecule has 0 saturated carbocycles. The number of nitro groups is 1. The summed E-state index contributed by atoms with van der Waals surface area (Å²) in [5.74, 6) is 5.79. The smallest absolute Gasteiger partial charge is 0.293 e. The first kappa shape index (κ1) is 13.0. The van der Waals surface area contributed by atoms with Crippen LogP contribution in [0.2, 0.25) is 0 Å². The highest BCUT2D eigenvalue weighted by Gasteiger charge is 2.14. The second kappa shape index (κ2) is 5.87. The van der Waals surface area contributed by atoms with Crippen LogP contribution in [0, 0.1) is 28.9 Å². The van der Waals surface area contributed by atoms with Gasteiger partial charge in [-0.1, -0.05) is 11.8 Å². The fraction of sp³-hybridized carbons (Fsp3) is 0.333. The van der Waals surface area contributed by atoms with Crippen molar-refractivity contribution in [1.29, 1.82) is 0 Å². The van der Waals surface area contributed by atoms with Crippen LogP contribution < -0.4 is 11.1 Å². The molecule has 0 fully saturated rings. The molecule has 0 amide bonds. The lowest BCUT2D eigenvalue weighted by molar-refractivity contribution is -0.383. The molecular formula is C12H15N3O2. The third kappa shape index (κ3) is 3.47. The average Bonchev–Trinajstić information content (AvgIpc) is 2.28. The molecule has 0 heterocycles. The van der Waals surface area contributed by atoms with E-state index in [2.05, 4.69) is 17.2 Å². The Morgan fingerprint density at radius 1 is 1.53 bits per heavy atom. The molecule has 5 nitrogen and oxygen atoms in total. The van der Waals surface area contributed by atoms with E-state index in [4.69, 9.17) is 5.73 Å². The number of aryl methyl sites for hydroxylation is 1. The zero-order chi connectivity index (χ0) is 12.8. The fourth-order valence-corrected chi connectivity index (χ4v) is 1.38. The van der Waals surface area contributed by atoms with Gasteiger partial charge in [0.05, 0.1) is 10.5 Å². The minimum atomic E-state index is -0.485. The van der Waals surface area contributed by atoms with Crippen LogP contribution in [0.25, 0.3) is 0 Å². The minimum Gasteiger partial charge on any atom is -0.392 e. The zero-order valence-electron chi connectivity index (χ0n) is 9.91. The van der Waals surface area contributed by atoms with Gasteiger partial charge in [-0.25, -0.2) is 0 Å². The molecule has 0 aliphatic carbocycles. The highest BCUT2D eigenvalue weighted by molar-refractivity contribution is 5.69. The highest BCUT2D eigenvalue weighted by Crippen LogP contribution is 2.26. The molecule has 3 N–H and O–H groups in total. The van der Waals surface area contributed by atoms with Crippen molar-refractivity contribution in [2.45, 2.75) is 13.3 Å². The Morgan fingerprint density at radius 2 is 2.24 bits per heavy atom. The summed E-state index contributed by atoms with van der Waals surface area (Å²) in [6.45, 7) is 2.56. The molecule has 1 rings (SSSR count). The lowest BCUT2D eigenvalue weighted by Crippen LogP contribution is -2.06. The number of hydrogen-bond acceptors (Lipinski definition) is 4. The molecule has 0 saturated heterocycles. The van der Waals surface area contributed by atoms with Gasteiger partial charge in [-0.15, -0.1) is 0 Å². The molecule has 5 heteroatoms. The maximum atomic E-state index is 10.8. The summed E-state index contributed by atoms with van der Waals surface area (Å²) in [6.07, 6.45) is 0.678. The summed E-state index contributed by atoms with van der Waals surface area (Å²) in [5.41, 5.74) is 7.07. The van der Waals surface area contributed by atoms with Crippen molar-refractivity contribution in [2.24, 2.45) is 0 Å². The number of hydrogen-bond donors (Lipinski definition) is 2. The summed E-state index contributed by atoms with van der Waals surface area (Å²) >= 11 is 0. The maximum Gasteiger partial charge on any atom is 0.293 e. The van der Waals surface area contributed by atoms with Gasteiger partial charge in [0.1, 0.15) is 5.69 Å². The average molecular weight is 233 g/mol. The Labute approximate surface area is 100 Å². The van der Waals surface area contributed by atoms with E-state index in [1.54, 1.807) is 13.0 Å². The largest absolute Gasteiger partial charge is 0.392 e. The predicted molar refractivity (Wildman–Crippen MR) is 67.7 cm³/mol. The van der Waals surface area contributed by atoms with Crippen molar-refractivity contribution in [3.8, 4) is 11.8 Å². The molecule has 1 aromatic rings. The monoisotopic (exact) mass is 233 g/mol. The van der Waals surface area contributed by atoms with Crippen molar-refractivity contribution in [1.82, 2.24) is 5.32 Å². The third-order valence-electron chi connectivity index (χ3n) is 2.22. The Morgan fingerprint density at radius 3 is 2.82 bits per heavy atom. The summed E-state index contributed by atoms with van der Waals surface area (Å²) in [6, 6.07) is 3.21. The van der Waals surface area contributed by atoms with E-state index < -0.39 is 4.92 Å². The van der Waals surface area contributed by atoms with Crippen molar-refractivity contribution in [2.75, 3.05) is 19.3 Å². The van der Waals surface area contributed by atoms with Gasteiger partial charge in [-0.05, 0) is 25.6 Å². The number of nitrogens with one attached hydrogen (secondary N) is 1. The van der Waals surface area contributed by atoms with Gasteiger partial charge in [-0.2, -0.15) is 0 Å². The molecule has 0 unspecified atom stereocenters. The topological polar surface area (TPSA) is 81.2 Å². The van der Waals surface area contributed by atoms with Crippen LogP contribution in [0.3, 0.4) is 0 Å². The predicted octanol–water partition coefficient (Wildman–Crippen LogP) is 1.45. The number of nitro benzene ring substituents is 1. The molecule has 17 heavy (non-hydrogen) atoms. The van der Waals surface area contributed by atoms with Crippen molar-refractivity contribution in [3.05, 3.63) is 33.4 Å². The van der Waals surface area contributed by atoms with Gasteiger partial charge in [0.15, 0.2) is 0 Å². The van der Waals surface area contributed by atoms with Crippen LogP contribution in [-0.4, -0.2) is 18.5 Å². The van der Waals surface area contributed by atoms with E-state index >= 15 is 0 Å². The molecule has 0 aliphatic heterocycles. The van der Waals surface area contributed by atoms with E-state index in [0.29, 0.717) is 12.0 Å². The summed E-state index contributed by atoms with van der Waals surface area (Å²) in [4.78, 5) is 10.3. The first-order valence-electron chi connectivity index (χ1n) is 5.24. The Balaban J connectivity index is 3.06. The number of rotatable bonds is 3. The first-order chi connectivity index (χ1) is 8.06. The van der Waals surface area contributed by atoms with Crippen LogP contribution >= 0.6 is 0 Å². The van der Waals surface area contributed by atoms with E-state index in [9.17, 15) is 10.1 Å². The summed E-state index contributed by atoms with van der Waals surface area (Å²) < 4.78 is 0. The number of nitrogen functional groups attached to an aromatic ring is 1. The first-order valence-corrected chi connectivity index (χ1v) is 5.24. The lowest BCUT2D eigenvalue weighted by Gasteiger charge is -2.02. The molecular weight excluding hydrogens is 218 g/mol. The summed E-state index contributed by atoms with van der Waals surface area (Å²) in [5, 5.41) is 13.7. The Kier molecular flexibility index (Phi) is 4.49. The van der Waals surface area contributed by atoms with Gasteiger partial charge in [0.25, 0.3) is 5.69 Å². The molecule has 0 spiro atoms. The molecule has 90 valence electrons. The molecule has 0 atom stereocenters. The van der Waals surface area contributed by atoms with Gasteiger partial charge >= 0.3 is 0 Å². The molecule has 1 aromatic carbocycles. The quantitative estimate of drug-likeness (QED) is 0.272. The van der Waals surface area contributed by atoms with Gasteiger partial charge in [0, 0.05) is 19.0 Å². The van der Waals surface area contributed by atoms with Crippen LogP contribution in [-0.2, 0) is 0 Å². The van der Waals surface area contributed by atoms with Gasteiger partial charge in [0.2, 0.25) is 0 Å². The minimum absolute atomic E-state index is 0.0806. The maximum absolute atomic E-state index is 10.8. The van der Waals surface area contributed by atoms with Gasteiger partial charge < -0.3 is 11.1 Å². The van der Waals surface area contributed by atoms with E-state index in [-0.39, 0.29) is 11.4 Å². The Bertz CT molecular complexity index is 487. The molecule has 0 radical (unpaired) electrons. The third-order valence-corrected chi connectivity index (χ3v) is 2.22. The van der Waals surface area contributed by atoms with Crippen LogP contribution in [0.1, 0.15) is 17.5 Å². The molecule has 0 bridgehead atoms. The van der Waals surface area contributed by atoms with E-state index in [0.717, 1.165) is 12.1 Å². The van der Waals surface area contributed by atoms with Crippen LogP contribution in [0.5, 0.6) is 0 Å². The van der Waals surface area contributed by atoms with Gasteiger partial charge in [-0.3, -0.25) is 10.1 Å². The zero-order valence-corrected chi connectivity index (χ0v) is 9.91.